The van der Waals surface area contributed by atoms with Crippen molar-refractivity contribution < 1.29 is 4.79 Å². The molecular formula is C11H17N3OS. The van der Waals surface area contributed by atoms with E-state index in [9.17, 15) is 4.79 Å². The molecule has 88 valence electrons. The third kappa shape index (κ3) is 2.87. The number of nitrogens with zero attached hydrogens (tertiary/aromatic N) is 2. The van der Waals surface area contributed by atoms with Crippen LogP contribution in [0.15, 0.2) is 11.6 Å². The van der Waals surface area contributed by atoms with E-state index in [-0.39, 0.29) is 5.78 Å². The van der Waals surface area contributed by atoms with Gasteiger partial charge in [-0.25, -0.2) is 4.98 Å². The molecule has 2 heterocycles. The molecule has 0 bridgehead atoms. The van der Waals surface area contributed by atoms with Gasteiger partial charge in [-0.2, -0.15) is 0 Å². The molecular weight excluding hydrogens is 222 g/mol. The fraction of sp³-hybridized carbons (Fsp3) is 0.636. The standard InChI is InChI=1S/C11H17N3OS/c1-14(9-3-2-4-12-7-9)8-10(15)11-13-5-6-16-11/h5-6,9,12H,2-4,7-8H2,1H3/t9-/m0/s1. The van der Waals surface area contributed by atoms with Crippen molar-refractivity contribution in [2.75, 3.05) is 26.7 Å². The van der Waals surface area contributed by atoms with Gasteiger partial charge in [0.25, 0.3) is 0 Å². The van der Waals surface area contributed by atoms with Gasteiger partial charge in [-0.3, -0.25) is 9.69 Å². The van der Waals surface area contributed by atoms with Gasteiger partial charge in [-0.15, -0.1) is 11.3 Å². The summed E-state index contributed by atoms with van der Waals surface area (Å²) in [6.07, 6.45) is 4.05. The van der Waals surface area contributed by atoms with Crippen LogP contribution in [0.3, 0.4) is 0 Å². The highest BCUT2D eigenvalue weighted by molar-refractivity contribution is 7.11. The lowest BCUT2D eigenvalue weighted by Gasteiger charge is -2.30. The van der Waals surface area contributed by atoms with E-state index in [1.165, 1.54) is 24.2 Å². The van der Waals surface area contributed by atoms with E-state index in [2.05, 4.69) is 15.2 Å². The van der Waals surface area contributed by atoms with Gasteiger partial charge in [0.15, 0.2) is 5.01 Å². The summed E-state index contributed by atoms with van der Waals surface area (Å²) in [6.45, 7) is 2.56. The first-order valence-electron chi connectivity index (χ1n) is 5.61. The predicted octanol–water partition coefficient (Wildman–Crippen LogP) is 1.01. The molecule has 1 aromatic heterocycles. The first-order chi connectivity index (χ1) is 7.77. The Hall–Kier alpha value is -0.780. The minimum absolute atomic E-state index is 0.128. The molecule has 1 atom stereocenters. The Morgan fingerprint density at radius 2 is 2.62 bits per heavy atom. The highest BCUT2D eigenvalue weighted by Gasteiger charge is 2.20. The highest BCUT2D eigenvalue weighted by Crippen LogP contribution is 2.11. The Balaban J connectivity index is 1.86. The molecule has 1 aromatic rings. The van der Waals surface area contributed by atoms with Crippen LogP contribution in [0, 0.1) is 0 Å². The van der Waals surface area contributed by atoms with Crippen LogP contribution < -0.4 is 5.32 Å². The topological polar surface area (TPSA) is 45.2 Å². The second-order valence-electron chi connectivity index (χ2n) is 4.18. The van der Waals surface area contributed by atoms with Crippen LogP contribution in [0.2, 0.25) is 0 Å². The normalized spacial score (nSPS) is 21.2. The Labute approximate surface area is 99.7 Å². The number of hydrogen-bond acceptors (Lipinski definition) is 5. The van der Waals surface area contributed by atoms with E-state index in [1.54, 1.807) is 6.20 Å². The molecule has 5 heteroatoms. The molecule has 1 fully saturated rings. The number of thiazole rings is 1. The third-order valence-corrected chi connectivity index (χ3v) is 3.77. The van der Waals surface area contributed by atoms with Crippen molar-refractivity contribution in [3.8, 4) is 0 Å². The Morgan fingerprint density at radius 3 is 3.25 bits per heavy atom. The van der Waals surface area contributed by atoms with Crippen molar-refractivity contribution in [2.24, 2.45) is 0 Å². The second-order valence-corrected chi connectivity index (χ2v) is 5.07. The number of Topliss-reactive ketones (excluding diaryl/α,β-unsaturated/α-hetero) is 1. The zero-order valence-corrected chi connectivity index (χ0v) is 10.3. The van der Waals surface area contributed by atoms with Crippen molar-refractivity contribution in [3.63, 3.8) is 0 Å². The summed E-state index contributed by atoms with van der Waals surface area (Å²) in [5.41, 5.74) is 0. The Kier molecular flexibility index (Phi) is 4.04. The maximum absolute atomic E-state index is 11.8. The van der Waals surface area contributed by atoms with Crippen LogP contribution in [-0.2, 0) is 0 Å². The lowest BCUT2D eigenvalue weighted by Crippen LogP contribution is -2.45. The Bertz CT molecular complexity index is 333. The molecule has 0 saturated carbocycles. The molecule has 0 aliphatic carbocycles. The zero-order valence-electron chi connectivity index (χ0n) is 9.48. The van der Waals surface area contributed by atoms with Crippen molar-refractivity contribution in [1.82, 2.24) is 15.2 Å². The lowest BCUT2D eigenvalue weighted by atomic mass is 10.1. The molecule has 1 aliphatic rings. The van der Waals surface area contributed by atoms with Gasteiger partial charge in [0, 0.05) is 24.2 Å². The Morgan fingerprint density at radius 1 is 1.75 bits per heavy atom. The summed E-state index contributed by atoms with van der Waals surface area (Å²) < 4.78 is 0. The van der Waals surface area contributed by atoms with Crippen molar-refractivity contribution >= 4 is 17.1 Å². The molecule has 0 amide bonds. The smallest absolute Gasteiger partial charge is 0.205 e. The number of hydrogen-bond donors (Lipinski definition) is 1. The lowest BCUT2D eigenvalue weighted by molar-refractivity contribution is 0.0906. The van der Waals surface area contributed by atoms with E-state index in [0.29, 0.717) is 17.6 Å². The summed E-state index contributed by atoms with van der Waals surface area (Å²) in [5.74, 6) is 0.128. The van der Waals surface area contributed by atoms with Gasteiger partial charge in [0.1, 0.15) is 0 Å². The molecule has 1 N–H and O–H groups in total. The average Bonchev–Trinajstić information content (AvgIpc) is 2.83. The van der Waals surface area contributed by atoms with E-state index in [4.69, 9.17) is 0 Å². The molecule has 2 rings (SSSR count). The van der Waals surface area contributed by atoms with Gasteiger partial charge >= 0.3 is 0 Å². The van der Waals surface area contributed by atoms with Crippen LogP contribution >= 0.6 is 11.3 Å². The summed E-state index contributed by atoms with van der Waals surface area (Å²) in [5, 5.41) is 5.82. The molecule has 0 aromatic carbocycles. The third-order valence-electron chi connectivity index (χ3n) is 2.96. The average molecular weight is 239 g/mol. The largest absolute Gasteiger partial charge is 0.315 e. The van der Waals surface area contributed by atoms with Gasteiger partial charge in [0.2, 0.25) is 5.78 Å². The molecule has 1 aliphatic heterocycles. The predicted molar refractivity (Wildman–Crippen MR) is 65.0 cm³/mol. The van der Waals surface area contributed by atoms with Crippen LogP contribution in [0.5, 0.6) is 0 Å². The van der Waals surface area contributed by atoms with Crippen molar-refractivity contribution in [1.29, 1.82) is 0 Å². The second kappa shape index (κ2) is 5.52. The summed E-state index contributed by atoms with van der Waals surface area (Å²) >= 11 is 1.42. The molecule has 0 radical (unpaired) electrons. The molecule has 0 spiro atoms. The SMILES string of the molecule is CN(CC(=O)c1nccs1)[C@H]1CCCNC1. The molecule has 16 heavy (non-hydrogen) atoms. The quantitative estimate of drug-likeness (QED) is 0.797. The van der Waals surface area contributed by atoms with Gasteiger partial charge in [-0.1, -0.05) is 0 Å². The highest BCUT2D eigenvalue weighted by atomic mass is 32.1. The summed E-state index contributed by atoms with van der Waals surface area (Å²) in [7, 11) is 2.02. The number of aromatic nitrogens is 1. The van der Waals surface area contributed by atoms with E-state index in [1.807, 2.05) is 12.4 Å². The maximum Gasteiger partial charge on any atom is 0.205 e. The number of ketones is 1. The van der Waals surface area contributed by atoms with Crippen LogP contribution in [0.25, 0.3) is 0 Å². The van der Waals surface area contributed by atoms with Gasteiger partial charge in [-0.05, 0) is 26.4 Å². The minimum atomic E-state index is 0.128. The fourth-order valence-corrected chi connectivity index (χ4v) is 2.56. The number of rotatable bonds is 4. The van der Waals surface area contributed by atoms with Gasteiger partial charge < -0.3 is 5.32 Å². The first-order valence-corrected chi connectivity index (χ1v) is 6.49. The van der Waals surface area contributed by atoms with E-state index in [0.717, 1.165) is 13.1 Å². The number of nitrogens with one attached hydrogen (secondary N) is 1. The van der Waals surface area contributed by atoms with Gasteiger partial charge in [0.05, 0.1) is 6.54 Å². The summed E-state index contributed by atoms with van der Waals surface area (Å²) in [6, 6.07) is 0.484. The van der Waals surface area contributed by atoms with Crippen molar-refractivity contribution in [3.05, 3.63) is 16.6 Å². The van der Waals surface area contributed by atoms with Crippen LogP contribution in [0.4, 0.5) is 0 Å². The van der Waals surface area contributed by atoms with Crippen molar-refractivity contribution in [2.45, 2.75) is 18.9 Å². The van der Waals surface area contributed by atoms with Crippen LogP contribution in [-0.4, -0.2) is 48.4 Å². The monoisotopic (exact) mass is 239 g/mol. The fourth-order valence-electron chi connectivity index (χ4n) is 1.99. The maximum atomic E-state index is 11.8. The molecule has 4 nitrogen and oxygen atoms in total. The number of piperidine rings is 1. The first kappa shape index (κ1) is 11.7. The number of carbonyl (C=O) groups excluding carboxylic acids is 1. The van der Waals surface area contributed by atoms with E-state index < -0.39 is 0 Å². The molecule has 0 unspecified atom stereocenters. The minimum Gasteiger partial charge on any atom is -0.315 e. The number of carbonyl (C=O) groups is 1. The number of likely N-dealkylation sites (N-methyl/N-ethyl adjacent to an activating group) is 1. The van der Waals surface area contributed by atoms with E-state index >= 15 is 0 Å². The zero-order chi connectivity index (χ0) is 11.4. The van der Waals surface area contributed by atoms with Crippen LogP contribution in [0.1, 0.15) is 22.6 Å². The molecule has 1 saturated heterocycles. The summed E-state index contributed by atoms with van der Waals surface area (Å²) in [4.78, 5) is 18.0.